The van der Waals surface area contributed by atoms with Crippen molar-refractivity contribution in [2.24, 2.45) is 0 Å². The molecule has 0 heterocycles. The van der Waals surface area contributed by atoms with Crippen LogP contribution in [-0.2, 0) is 13.2 Å². The zero-order valence-electron chi connectivity index (χ0n) is 10.4. The van der Waals surface area contributed by atoms with Gasteiger partial charge in [0.1, 0.15) is 12.4 Å². The van der Waals surface area contributed by atoms with Crippen molar-refractivity contribution in [3.63, 3.8) is 0 Å². The van der Waals surface area contributed by atoms with E-state index in [0.717, 1.165) is 12.3 Å². The highest BCUT2D eigenvalue weighted by atomic mass is 35.5. The fourth-order valence-electron chi connectivity index (χ4n) is 1.69. The summed E-state index contributed by atoms with van der Waals surface area (Å²) < 4.78 is 5.75. The molecule has 0 radical (unpaired) electrons. The average molecular weight is 264 g/mol. The van der Waals surface area contributed by atoms with Gasteiger partial charge in [0.05, 0.1) is 0 Å². The molecule has 2 aromatic carbocycles. The monoisotopic (exact) mass is 263 g/mol. The van der Waals surface area contributed by atoms with Gasteiger partial charge in [-0.05, 0) is 30.3 Å². The standard InChI is InChI=1S/C15H17NO.ClH/c1-16-11-14-8-5-9-15(10-14)17-12-13-6-3-2-4-7-13;/h2-10,16H,11-12H2,1H3;1H. The van der Waals surface area contributed by atoms with Crippen LogP contribution < -0.4 is 10.1 Å². The quantitative estimate of drug-likeness (QED) is 0.893. The Morgan fingerprint density at radius 2 is 1.67 bits per heavy atom. The minimum absolute atomic E-state index is 0. The summed E-state index contributed by atoms with van der Waals surface area (Å²) >= 11 is 0. The molecule has 0 saturated carbocycles. The second-order valence-electron chi connectivity index (χ2n) is 3.95. The van der Waals surface area contributed by atoms with E-state index in [4.69, 9.17) is 4.74 Å². The van der Waals surface area contributed by atoms with Crippen LogP contribution in [0.2, 0.25) is 0 Å². The molecule has 2 nitrogen and oxygen atoms in total. The van der Waals surface area contributed by atoms with Crippen LogP contribution >= 0.6 is 12.4 Å². The van der Waals surface area contributed by atoms with Gasteiger partial charge in [0, 0.05) is 6.54 Å². The number of halogens is 1. The second-order valence-corrected chi connectivity index (χ2v) is 3.95. The molecule has 96 valence electrons. The Balaban J connectivity index is 0.00000162. The average Bonchev–Trinajstić information content (AvgIpc) is 2.39. The van der Waals surface area contributed by atoms with Crippen molar-refractivity contribution < 1.29 is 4.74 Å². The number of nitrogens with one attached hydrogen (secondary N) is 1. The molecule has 0 fully saturated rings. The van der Waals surface area contributed by atoms with Gasteiger partial charge in [-0.3, -0.25) is 0 Å². The molecule has 0 bridgehead atoms. The van der Waals surface area contributed by atoms with Gasteiger partial charge >= 0.3 is 0 Å². The van der Waals surface area contributed by atoms with Crippen molar-refractivity contribution in [2.45, 2.75) is 13.2 Å². The van der Waals surface area contributed by atoms with Crippen LogP contribution in [-0.4, -0.2) is 7.05 Å². The summed E-state index contributed by atoms with van der Waals surface area (Å²) in [5.41, 5.74) is 2.42. The van der Waals surface area contributed by atoms with Crippen LogP contribution in [0.5, 0.6) is 5.75 Å². The highest BCUT2D eigenvalue weighted by Crippen LogP contribution is 2.15. The van der Waals surface area contributed by atoms with Gasteiger partial charge < -0.3 is 10.1 Å². The maximum absolute atomic E-state index is 5.75. The van der Waals surface area contributed by atoms with Crippen molar-refractivity contribution in [3.8, 4) is 5.75 Å². The number of hydrogen-bond acceptors (Lipinski definition) is 2. The minimum atomic E-state index is 0. The lowest BCUT2D eigenvalue weighted by Gasteiger charge is -2.08. The van der Waals surface area contributed by atoms with Gasteiger partial charge in [-0.25, -0.2) is 0 Å². The third-order valence-electron chi connectivity index (χ3n) is 2.53. The molecule has 0 aliphatic carbocycles. The number of hydrogen-bond donors (Lipinski definition) is 1. The van der Waals surface area contributed by atoms with Gasteiger partial charge in [-0.15, -0.1) is 12.4 Å². The van der Waals surface area contributed by atoms with Crippen LogP contribution in [0.3, 0.4) is 0 Å². The van der Waals surface area contributed by atoms with E-state index in [-0.39, 0.29) is 12.4 Å². The van der Waals surface area contributed by atoms with Crippen LogP contribution in [0, 0.1) is 0 Å². The zero-order chi connectivity index (χ0) is 11.9. The van der Waals surface area contributed by atoms with Crippen LogP contribution in [0.4, 0.5) is 0 Å². The number of ether oxygens (including phenoxy) is 1. The third-order valence-corrected chi connectivity index (χ3v) is 2.53. The largest absolute Gasteiger partial charge is 0.489 e. The summed E-state index contributed by atoms with van der Waals surface area (Å²) in [6, 6.07) is 18.4. The summed E-state index contributed by atoms with van der Waals surface area (Å²) in [6.45, 7) is 1.48. The van der Waals surface area contributed by atoms with Crippen molar-refractivity contribution in [2.75, 3.05) is 7.05 Å². The topological polar surface area (TPSA) is 21.3 Å². The molecule has 0 unspecified atom stereocenters. The molecule has 3 heteroatoms. The zero-order valence-corrected chi connectivity index (χ0v) is 11.2. The van der Waals surface area contributed by atoms with Gasteiger partial charge in [0.15, 0.2) is 0 Å². The van der Waals surface area contributed by atoms with E-state index in [1.807, 2.05) is 37.4 Å². The van der Waals surface area contributed by atoms with Crippen LogP contribution in [0.15, 0.2) is 54.6 Å². The predicted molar refractivity (Wildman–Crippen MR) is 77.2 cm³/mol. The number of benzene rings is 2. The first-order valence-corrected chi connectivity index (χ1v) is 5.79. The summed E-state index contributed by atoms with van der Waals surface area (Å²) in [4.78, 5) is 0. The first-order valence-electron chi connectivity index (χ1n) is 5.79. The molecular weight excluding hydrogens is 246 g/mol. The summed E-state index contributed by atoms with van der Waals surface area (Å²) in [6.07, 6.45) is 0. The lowest BCUT2D eigenvalue weighted by molar-refractivity contribution is 0.306. The first kappa shape index (κ1) is 14.6. The maximum atomic E-state index is 5.75. The van der Waals surface area contributed by atoms with Gasteiger partial charge in [-0.2, -0.15) is 0 Å². The van der Waals surface area contributed by atoms with E-state index in [0.29, 0.717) is 6.61 Å². The molecule has 1 N–H and O–H groups in total. The maximum Gasteiger partial charge on any atom is 0.120 e. The molecule has 0 saturated heterocycles. The number of rotatable bonds is 5. The van der Waals surface area contributed by atoms with Crippen molar-refractivity contribution in [3.05, 3.63) is 65.7 Å². The van der Waals surface area contributed by atoms with Crippen LogP contribution in [0.25, 0.3) is 0 Å². The lowest BCUT2D eigenvalue weighted by Crippen LogP contribution is -2.05. The van der Waals surface area contributed by atoms with E-state index >= 15 is 0 Å². The highest BCUT2D eigenvalue weighted by molar-refractivity contribution is 5.85. The lowest BCUT2D eigenvalue weighted by atomic mass is 10.2. The predicted octanol–water partition coefficient (Wildman–Crippen LogP) is 3.41. The smallest absolute Gasteiger partial charge is 0.120 e. The molecule has 0 aromatic heterocycles. The molecule has 0 aliphatic heterocycles. The summed E-state index contributed by atoms with van der Waals surface area (Å²) in [7, 11) is 1.94. The molecule has 0 aliphatic rings. The second kappa shape index (κ2) is 7.75. The summed E-state index contributed by atoms with van der Waals surface area (Å²) in [5, 5.41) is 3.13. The molecule has 0 spiro atoms. The molecule has 2 aromatic rings. The summed E-state index contributed by atoms with van der Waals surface area (Å²) in [5.74, 6) is 0.918. The van der Waals surface area contributed by atoms with Crippen molar-refractivity contribution >= 4 is 12.4 Å². The molecule has 0 atom stereocenters. The Kier molecular flexibility index (Phi) is 6.26. The Morgan fingerprint density at radius 1 is 0.944 bits per heavy atom. The SMILES string of the molecule is CNCc1cccc(OCc2ccccc2)c1.Cl. The van der Waals surface area contributed by atoms with Gasteiger partial charge in [0.25, 0.3) is 0 Å². The Bertz CT molecular complexity index is 459. The van der Waals surface area contributed by atoms with Crippen LogP contribution in [0.1, 0.15) is 11.1 Å². The fraction of sp³-hybridized carbons (Fsp3) is 0.200. The molecule has 18 heavy (non-hydrogen) atoms. The van der Waals surface area contributed by atoms with E-state index in [9.17, 15) is 0 Å². The molecule has 2 rings (SSSR count). The van der Waals surface area contributed by atoms with E-state index in [2.05, 4.69) is 29.6 Å². The Labute approximate surface area is 114 Å². The third kappa shape index (κ3) is 4.40. The Hall–Kier alpha value is -1.51. The van der Waals surface area contributed by atoms with Crippen molar-refractivity contribution in [1.29, 1.82) is 0 Å². The molecular formula is C15H18ClNO. The van der Waals surface area contributed by atoms with E-state index < -0.39 is 0 Å². The van der Waals surface area contributed by atoms with E-state index in [1.54, 1.807) is 0 Å². The fourth-order valence-corrected chi connectivity index (χ4v) is 1.69. The first-order chi connectivity index (χ1) is 8.38. The normalized spacial score (nSPS) is 9.61. The van der Waals surface area contributed by atoms with Gasteiger partial charge in [-0.1, -0.05) is 42.5 Å². The highest BCUT2D eigenvalue weighted by Gasteiger charge is 1.97. The van der Waals surface area contributed by atoms with Gasteiger partial charge in [0.2, 0.25) is 0 Å². The van der Waals surface area contributed by atoms with E-state index in [1.165, 1.54) is 11.1 Å². The minimum Gasteiger partial charge on any atom is -0.489 e. The molecule has 0 amide bonds. The Morgan fingerprint density at radius 3 is 2.39 bits per heavy atom. The van der Waals surface area contributed by atoms with Crippen molar-refractivity contribution in [1.82, 2.24) is 5.32 Å².